The van der Waals surface area contributed by atoms with Gasteiger partial charge in [0.25, 0.3) is 5.91 Å². The van der Waals surface area contributed by atoms with Gasteiger partial charge in [0.2, 0.25) is 5.91 Å². The van der Waals surface area contributed by atoms with Crippen LogP contribution in [0.3, 0.4) is 0 Å². The van der Waals surface area contributed by atoms with Gasteiger partial charge in [-0.2, -0.15) is 0 Å². The van der Waals surface area contributed by atoms with Crippen LogP contribution in [0.5, 0.6) is 0 Å². The highest BCUT2D eigenvalue weighted by Crippen LogP contribution is 2.42. The molecule has 1 aromatic rings. The molecule has 0 aliphatic carbocycles. The number of amides is 2. The standard InChI is InChI=1S/C22H31N3O3/c1-17-4-3-5-18(12-17)21(27)25-8-6-22(7-9-25)13-19(28-16-22)14-24-11-10-23(2)20(26)15-24/h3-5,12,19H,6-11,13-16H2,1-2H3/t19-/m1/s1. The van der Waals surface area contributed by atoms with Crippen molar-refractivity contribution in [3.05, 3.63) is 35.4 Å². The van der Waals surface area contributed by atoms with Crippen molar-refractivity contribution in [1.82, 2.24) is 14.7 Å². The molecule has 1 aromatic carbocycles. The average Bonchev–Trinajstić information content (AvgIpc) is 3.07. The fourth-order valence-electron chi connectivity index (χ4n) is 4.76. The Hall–Kier alpha value is -1.92. The number of piperidine rings is 1. The first kappa shape index (κ1) is 19.4. The van der Waals surface area contributed by atoms with Gasteiger partial charge >= 0.3 is 0 Å². The zero-order valence-corrected chi connectivity index (χ0v) is 17.0. The number of hydrogen-bond donors (Lipinski definition) is 0. The molecule has 1 atom stereocenters. The number of rotatable bonds is 3. The molecule has 0 saturated carbocycles. The SMILES string of the molecule is Cc1cccc(C(=O)N2CCC3(CC2)CO[C@@H](CN2CCN(C)C(=O)C2)C3)c1. The van der Waals surface area contributed by atoms with Gasteiger partial charge < -0.3 is 14.5 Å². The number of likely N-dealkylation sites (N-methyl/N-ethyl adjacent to an activating group) is 1. The lowest BCUT2D eigenvalue weighted by Gasteiger charge is -2.38. The van der Waals surface area contributed by atoms with Gasteiger partial charge in [0.1, 0.15) is 0 Å². The van der Waals surface area contributed by atoms with Crippen molar-refractivity contribution >= 4 is 11.8 Å². The molecule has 6 nitrogen and oxygen atoms in total. The molecule has 152 valence electrons. The highest BCUT2D eigenvalue weighted by atomic mass is 16.5. The fourth-order valence-corrected chi connectivity index (χ4v) is 4.76. The molecule has 28 heavy (non-hydrogen) atoms. The fraction of sp³-hybridized carbons (Fsp3) is 0.636. The summed E-state index contributed by atoms with van der Waals surface area (Å²) in [7, 11) is 1.87. The molecule has 0 unspecified atom stereocenters. The van der Waals surface area contributed by atoms with Crippen molar-refractivity contribution in [2.45, 2.75) is 32.3 Å². The highest BCUT2D eigenvalue weighted by molar-refractivity contribution is 5.94. The Morgan fingerprint density at radius 3 is 2.71 bits per heavy atom. The number of likely N-dealkylation sites (tertiary alicyclic amines) is 1. The summed E-state index contributed by atoms with van der Waals surface area (Å²) in [6.07, 6.45) is 3.25. The highest BCUT2D eigenvalue weighted by Gasteiger charge is 2.43. The van der Waals surface area contributed by atoms with Crippen LogP contribution in [0.4, 0.5) is 0 Å². The lowest BCUT2D eigenvalue weighted by Crippen LogP contribution is -2.50. The third-order valence-corrected chi connectivity index (χ3v) is 6.66. The van der Waals surface area contributed by atoms with Gasteiger partial charge in [0, 0.05) is 45.3 Å². The normalized spacial score (nSPS) is 25.5. The minimum absolute atomic E-state index is 0.143. The second kappa shape index (κ2) is 7.84. The molecule has 2 amide bonds. The molecule has 3 saturated heterocycles. The second-order valence-electron chi connectivity index (χ2n) is 8.85. The van der Waals surface area contributed by atoms with Crippen LogP contribution in [-0.4, -0.2) is 85.5 Å². The first-order valence-corrected chi connectivity index (χ1v) is 10.4. The molecular weight excluding hydrogens is 354 g/mol. The first-order chi connectivity index (χ1) is 13.4. The van der Waals surface area contributed by atoms with E-state index in [-0.39, 0.29) is 23.3 Å². The Morgan fingerprint density at radius 1 is 1.21 bits per heavy atom. The third-order valence-electron chi connectivity index (χ3n) is 6.66. The zero-order valence-electron chi connectivity index (χ0n) is 17.0. The van der Waals surface area contributed by atoms with Crippen LogP contribution in [-0.2, 0) is 9.53 Å². The van der Waals surface area contributed by atoms with Crippen LogP contribution in [0.1, 0.15) is 35.2 Å². The molecule has 1 spiro atoms. The van der Waals surface area contributed by atoms with Crippen molar-refractivity contribution in [2.24, 2.45) is 5.41 Å². The molecule has 0 N–H and O–H groups in total. The smallest absolute Gasteiger partial charge is 0.253 e. The van der Waals surface area contributed by atoms with Gasteiger partial charge in [-0.05, 0) is 43.7 Å². The number of carbonyl (C=O) groups is 2. The van der Waals surface area contributed by atoms with E-state index in [4.69, 9.17) is 4.74 Å². The lowest BCUT2D eigenvalue weighted by atomic mass is 9.76. The quantitative estimate of drug-likeness (QED) is 0.796. The summed E-state index contributed by atoms with van der Waals surface area (Å²) >= 11 is 0. The zero-order chi connectivity index (χ0) is 19.7. The number of carbonyl (C=O) groups excluding carboxylic acids is 2. The summed E-state index contributed by atoms with van der Waals surface area (Å²) in [6.45, 7) is 7.47. The maximum absolute atomic E-state index is 12.8. The first-order valence-electron chi connectivity index (χ1n) is 10.4. The number of ether oxygens (including phenoxy) is 1. The third kappa shape index (κ3) is 4.08. The van der Waals surface area contributed by atoms with Crippen LogP contribution < -0.4 is 0 Å². The van der Waals surface area contributed by atoms with Crippen molar-refractivity contribution in [3.63, 3.8) is 0 Å². The van der Waals surface area contributed by atoms with Crippen LogP contribution in [0.25, 0.3) is 0 Å². The van der Waals surface area contributed by atoms with Crippen molar-refractivity contribution in [3.8, 4) is 0 Å². The van der Waals surface area contributed by atoms with Crippen molar-refractivity contribution in [1.29, 1.82) is 0 Å². The van der Waals surface area contributed by atoms with Crippen molar-refractivity contribution < 1.29 is 14.3 Å². The van der Waals surface area contributed by atoms with E-state index >= 15 is 0 Å². The minimum Gasteiger partial charge on any atom is -0.376 e. The van der Waals surface area contributed by atoms with Crippen LogP contribution in [0.15, 0.2) is 24.3 Å². The van der Waals surface area contributed by atoms with E-state index in [1.54, 1.807) is 4.90 Å². The van der Waals surface area contributed by atoms with E-state index in [2.05, 4.69) is 4.90 Å². The monoisotopic (exact) mass is 385 g/mol. The van der Waals surface area contributed by atoms with E-state index in [1.807, 2.05) is 43.1 Å². The maximum Gasteiger partial charge on any atom is 0.253 e. The Morgan fingerprint density at radius 2 is 2.00 bits per heavy atom. The van der Waals surface area contributed by atoms with Crippen LogP contribution >= 0.6 is 0 Å². The molecule has 3 heterocycles. The predicted molar refractivity (Wildman–Crippen MR) is 107 cm³/mol. The van der Waals surface area contributed by atoms with Crippen LogP contribution in [0, 0.1) is 12.3 Å². The van der Waals surface area contributed by atoms with E-state index in [9.17, 15) is 9.59 Å². The van der Waals surface area contributed by atoms with Crippen LogP contribution in [0.2, 0.25) is 0 Å². The lowest BCUT2D eigenvalue weighted by molar-refractivity contribution is -0.134. The van der Waals surface area contributed by atoms with E-state index in [0.717, 1.165) is 69.7 Å². The molecule has 0 radical (unpaired) electrons. The Kier molecular flexibility index (Phi) is 5.43. The molecule has 3 fully saturated rings. The van der Waals surface area contributed by atoms with Crippen molar-refractivity contribution in [2.75, 3.05) is 52.9 Å². The molecule has 6 heteroatoms. The number of aryl methyl sites for hydroxylation is 1. The molecular formula is C22H31N3O3. The topological polar surface area (TPSA) is 53.1 Å². The summed E-state index contributed by atoms with van der Waals surface area (Å²) in [5.41, 5.74) is 2.11. The summed E-state index contributed by atoms with van der Waals surface area (Å²) in [5.74, 6) is 0.340. The van der Waals surface area contributed by atoms with E-state index in [1.165, 1.54) is 0 Å². The number of nitrogens with zero attached hydrogens (tertiary/aromatic N) is 3. The van der Waals surface area contributed by atoms with Gasteiger partial charge in [0.05, 0.1) is 19.3 Å². The van der Waals surface area contributed by atoms with Gasteiger partial charge in [-0.15, -0.1) is 0 Å². The molecule has 3 aliphatic heterocycles. The summed E-state index contributed by atoms with van der Waals surface area (Å²) in [4.78, 5) is 30.7. The largest absolute Gasteiger partial charge is 0.376 e. The number of hydrogen-bond acceptors (Lipinski definition) is 4. The van der Waals surface area contributed by atoms with Gasteiger partial charge in [-0.25, -0.2) is 0 Å². The molecule has 4 rings (SSSR count). The molecule has 0 aromatic heterocycles. The summed E-state index contributed by atoms with van der Waals surface area (Å²) < 4.78 is 6.14. The Bertz CT molecular complexity index is 742. The summed E-state index contributed by atoms with van der Waals surface area (Å²) in [5, 5.41) is 0. The van der Waals surface area contributed by atoms with Gasteiger partial charge in [0.15, 0.2) is 0 Å². The predicted octanol–water partition coefficient (Wildman–Crippen LogP) is 1.78. The molecule has 0 bridgehead atoms. The average molecular weight is 386 g/mol. The van der Waals surface area contributed by atoms with Gasteiger partial charge in [-0.3, -0.25) is 14.5 Å². The number of piperazine rings is 1. The Labute approximate surface area is 167 Å². The minimum atomic E-state index is 0.143. The molecule has 3 aliphatic rings. The van der Waals surface area contributed by atoms with Gasteiger partial charge in [-0.1, -0.05) is 17.7 Å². The maximum atomic E-state index is 12.8. The van der Waals surface area contributed by atoms with E-state index < -0.39 is 0 Å². The second-order valence-corrected chi connectivity index (χ2v) is 8.85. The Balaban J connectivity index is 1.29. The summed E-state index contributed by atoms with van der Waals surface area (Å²) in [6, 6.07) is 7.85. The van der Waals surface area contributed by atoms with E-state index in [0.29, 0.717) is 6.54 Å². The number of benzene rings is 1.